The minimum absolute atomic E-state index is 0.00287. The third kappa shape index (κ3) is 1.71. The second-order valence-electron chi connectivity index (χ2n) is 4.42. The van der Waals surface area contributed by atoms with E-state index in [2.05, 4.69) is 5.32 Å². The third-order valence-corrected chi connectivity index (χ3v) is 3.54. The molecule has 0 aromatic heterocycles. The van der Waals surface area contributed by atoms with E-state index in [1.54, 1.807) is 6.92 Å². The molecule has 0 spiro atoms. The fraction of sp³-hybridized carbons (Fsp3) is 1.00. The lowest BCUT2D eigenvalue weighted by molar-refractivity contribution is -0.0770. The molecule has 0 aliphatic carbocycles. The molecule has 0 aromatic carbocycles. The summed E-state index contributed by atoms with van der Waals surface area (Å²) >= 11 is 0. The van der Waals surface area contributed by atoms with Crippen LogP contribution in [0.15, 0.2) is 0 Å². The van der Waals surface area contributed by atoms with Crippen LogP contribution in [0.4, 0.5) is 8.78 Å². The first-order chi connectivity index (χ1) is 6.12. The number of rotatable bonds is 2. The molecule has 2 heterocycles. The Hall–Kier alpha value is -0.180. The highest BCUT2D eigenvalue weighted by Crippen LogP contribution is 2.41. The van der Waals surface area contributed by atoms with Crippen molar-refractivity contribution in [3.63, 3.8) is 0 Å². The molecule has 76 valence electrons. The molecule has 1 N–H and O–H groups in total. The monoisotopic (exact) mass is 189 g/mol. The van der Waals surface area contributed by atoms with Gasteiger partial charge in [0.1, 0.15) is 0 Å². The van der Waals surface area contributed by atoms with E-state index in [4.69, 9.17) is 0 Å². The number of nitrogens with one attached hydrogen (secondary N) is 1. The number of fused-ring (bicyclic) bond motifs is 2. The van der Waals surface area contributed by atoms with Gasteiger partial charge in [-0.3, -0.25) is 0 Å². The maximum atomic E-state index is 13.4. The minimum atomic E-state index is -2.43. The molecule has 2 fully saturated rings. The first kappa shape index (κ1) is 9.38. The van der Waals surface area contributed by atoms with E-state index in [-0.39, 0.29) is 12.3 Å². The van der Waals surface area contributed by atoms with Gasteiger partial charge in [0.2, 0.25) is 0 Å². The van der Waals surface area contributed by atoms with Gasteiger partial charge in [0.15, 0.2) is 0 Å². The normalized spacial score (nSPS) is 39.5. The van der Waals surface area contributed by atoms with Crippen LogP contribution in [0.1, 0.15) is 39.0 Å². The van der Waals surface area contributed by atoms with E-state index in [1.807, 2.05) is 0 Å². The molecule has 1 nitrogen and oxygen atoms in total. The zero-order valence-corrected chi connectivity index (χ0v) is 8.02. The van der Waals surface area contributed by atoms with Gasteiger partial charge in [0.05, 0.1) is 0 Å². The molecule has 2 atom stereocenters. The second-order valence-corrected chi connectivity index (χ2v) is 4.42. The van der Waals surface area contributed by atoms with Gasteiger partial charge in [-0.25, -0.2) is 8.78 Å². The predicted molar refractivity (Wildman–Crippen MR) is 47.9 cm³/mol. The van der Waals surface area contributed by atoms with Crippen molar-refractivity contribution in [1.29, 1.82) is 0 Å². The van der Waals surface area contributed by atoms with Crippen LogP contribution in [0.5, 0.6) is 0 Å². The maximum Gasteiger partial charge on any atom is 0.250 e. The largest absolute Gasteiger partial charge is 0.311 e. The molecule has 2 rings (SSSR count). The number of alkyl halides is 2. The SMILES string of the molecule is CCC(F)(F)C1CC2CCC(C1)N2. The molecule has 0 saturated carbocycles. The van der Waals surface area contributed by atoms with Crippen LogP contribution in [0.3, 0.4) is 0 Å². The van der Waals surface area contributed by atoms with Crippen molar-refractivity contribution in [2.75, 3.05) is 0 Å². The Kier molecular flexibility index (Phi) is 2.30. The third-order valence-electron chi connectivity index (χ3n) is 3.54. The summed E-state index contributed by atoms with van der Waals surface area (Å²) in [4.78, 5) is 0. The van der Waals surface area contributed by atoms with Gasteiger partial charge in [-0.15, -0.1) is 0 Å². The molecule has 2 aliphatic rings. The molecule has 3 heteroatoms. The summed E-state index contributed by atoms with van der Waals surface area (Å²) in [6.07, 6.45) is 3.55. The van der Waals surface area contributed by atoms with Gasteiger partial charge in [0, 0.05) is 24.4 Å². The molecule has 2 aliphatic heterocycles. The van der Waals surface area contributed by atoms with Gasteiger partial charge in [-0.05, 0) is 25.7 Å². The molecule has 2 saturated heterocycles. The van der Waals surface area contributed by atoms with Crippen molar-refractivity contribution in [2.45, 2.75) is 57.0 Å². The topological polar surface area (TPSA) is 12.0 Å². The van der Waals surface area contributed by atoms with Crippen molar-refractivity contribution in [3.05, 3.63) is 0 Å². The van der Waals surface area contributed by atoms with Gasteiger partial charge >= 0.3 is 0 Å². The molecule has 0 amide bonds. The number of piperidine rings is 1. The van der Waals surface area contributed by atoms with Crippen molar-refractivity contribution >= 4 is 0 Å². The van der Waals surface area contributed by atoms with E-state index >= 15 is 0 Å². The zero-order valence-electron chi connectivity index (χ0n) is 8.02. The Labute approximate surface area is 77.9 Å². The molecule has 2 bridgehead atoms. The van der Waals surface area contributed by atoms with Crippen LogP contribution in [-0.2, 0) is 0 Å². The van der Waals surface area contributed by atoms with Crippen LogP contribution >= 0.6 is 0 Å². The molecular weight excluding hydrogens is 172 g/mol. The van der Waals surface area contributed by atoms with Crippen LogP contribution < -0.4 is 5.32 Å². The van der Waals surface area contributed by atoms with Crippen LogP contribution in [-0.4, -0.2) is 18.0 Å². The van der Waals surface area contributed by atoms with E-state index in [1.165, 1.54) is 0 Å². The fourth-order valence-electron chi connectivity index (χ4n) is 2.69. The Bertz CT molecular complexity index is 181. The lowest BCUT2D eigenvalue weighted by Crippen LogP contribution is -2.44. The predicted octanol–water partition coefficient (Wildman–Crippen LogP) is 2.56. The highest BCUT2D eigenvalue weighted by atomic mass is 19.3. The summed E-state index contributed by atoms with van der Waals surface area (Å²) in [5.41, 5.74) is 0. The molecule has 0 aromatic rings. The van der Waals surface area contributed by atoms with Gasteiger partial charge in [-0.1, -0.05) is 6.92 Å². The second kappa shape index (κ2) is 3.19. The van der Waals surface area contributed by atoms with Crippen molar-refractivity contribution in [2.24, 2.45) is 5.92 Å². The van der Waals surface area contributed by atoms with Crippen LogP contribution in [0.2, 0.25) is 0 Å². The average Bonchev–Trinajstić information content (AvgIpc) is 2.45. The van der Waals surface area contributed by atoms with E-state index in [0.717, 1.165) is 12.8 Å². The highest BCUT2D eigenvalue weighted by Gasteiger charge is 2.44. The Morgan fingerprint density at radius 3 is 2.23 bits per heavy atom. The fourth-order valence-corrected chi connectivity index (χ4v) is 2.69. The van der Waals surface area contributed by atoms with Crippen molar-refractivity contribution < 1.29 is 8.78 Å². The molecular formula is C10H17F2N. The van der Waals surface area contributed by atoms with Crippen LogP contribution in [0.25, 0.3) is 0 Å². The van der Waals surface area contributed by atoms with Gasteiger partial charge in [0.25, 0.3) is 5.92 Å². The summed E-state index contributed by atoms with van der Waals surface area (Å²) in [6.45, 7) is 1.59. The standard InChI is InChI=1S/C10H17F2N/c1-2-10(11,12)7-5-8-3-4-9(6-7)13-8/h7-9,13H,2-6H2,1H3. The first-order valence-electron chi connectivity index (χ1n) is 5.25. The highest BCUT2D eigenvalue weighted by molar-refractivity contribution is 4.95. The minimum Gasteiger partial charge on any atom is -0.311 e. The summed E-state index contributed by atoms with van der Waals surface area (Å²) in [5, 5.41) is 3.38. The maximum absolute atomic E-state index is 13.4. The first-order valence-corrected chi connectivity index (χ1v) is 5.25. The quantitative estimate of drug-likeness (QED) is 0.704. The zero-order chi connectivity index (χ0) is 9.47. The number of hydrogen-bond acceptors (Lipinski definition) is 1. The average molecular weight is 189 g/mol. The van der Waals surface area contributed by atoms with Gasteiger partial charge in [-0.2, -0.15) is 0 Å². The van der Waals surface area contributed by atoms with Crippen molar-refractivity contribution in [3.8, 4) is 0 Å². The summed E-state index contributed by atoms with van der Waals surface area (Å²) in [7, 11) is 0. The summed E-state index contributed by atoms with van der Waals surface area (Å²) in [5.74, 6) is -2.79. The molecule has 0 radical (unpaired) electrons. The Morgan fingerprint density at radius 1 is 1.23 bits per heavy atom. The van der Waals surface area contributed by atoms with E-state index < -0.39 is 5.92 Å². The Balaban J connectivity index is 2.02. The molecule has 13 heavy (non-hydrogen) atoms. The van der Waals surface area contributed by atoms with Crippen molar-refractivity contribution in [1.82, 2.24) is 5.32 Å². The Morgan fingerprint density at radius 2 is 1.77 bits per heavy atom. The number of halogens is 2. The van der Waals surface area contributed by atoms with E-state index in [9.17, 15) is 8.78 Å². The summed E-state index contributed by atoms with van der Waals surface area (Å²) < 4.78 is 26.8. The van der Waals surface area contributed by atoms with E-state index in [0.29, 0.717) is 24.9 Å². The smallest absolute Gasteiger partial charge is 0.250 e. The lowest BCUT2D eigenvalue weighted by Gasteiger charge is -2.34. The molecule has 2 unspecified atom stereocenters. The van der Waals surface area contributed by atoms with Crippen LogP contribution in [0, 0.1) is 5.92 Å². The van der Waals surface area contributed by atoms with Gasteiger partial charge < -0.3 is 5.32 Å². The summed E-state index contributed by atoms with van der Waals surface area (Å²) in [6, 6.07) is 0.752. The lowest BCUT2D eigenvalue weighted by atomic mass is 9.86. The number of hydrogen-bond donors (Lipinski definition) is 1.